The van der Waals surface area contributed by atoms with E-state index in [1.165, 1.54) is 0 Å². The number of hydrogen-bond acceptors (Lipinski definition) is 2. The highest BCUT2D eigenvalue weighted by Gasteiger charge is 1.97. The summed E-state index contributed by atoms with van der Waals surface area (Å²) in [4.78, 5) is 0. The van der Waals surface area contributed by atoms with Gasteiger partial charge in [0.25, 0.3) is 0 Å². The van der Waals surface area contributed by atoms with Crippen LogP contribution >= 0.6 is 12.2 Å². The molecule has 0 rings (SSSR count). The lowest BCUT2D eigenvalue weighted by molar-refractivity contribution is 0.413. The molecule has 9 heavy (non-hydrogen) atoms. The Kier molecular flexibility index (Phi) is 4.32. The highest BCUT2D eigenvalue weighted by Crippen LogP contribution is 2.04. The van der Waals surface area contributed by atoms with Crippen LogP contribution in [0.4, 0.5) is 0 Å². The summed E-state index contributed by atoms with van der Waals surface area (Å²) < 4.78 is 4.80. The predicted octanol–water partition coefficient (Wildman–Crippen LogP) is 2.32. The summed E-state index contributed by atoms with van der Waals surface area (Å²) in [6, 6.07) is 0. The van der Waals surface area contributed by atoms with Gasteiger partial charge in [0.15, 0.2) is 5.05 Å². The molecule has 0 atom stereocenters. The van der Waals surface area contributed by atoms with E-state index >= 15 is 0 Å². The summed E-state index contributed by atoms with van der Waals surface area (Å²) in [5.41, 5.74) is 0.926. The van der Waals surface area contributed by atoms with E-state index in [4.69, 9.17) is 17.0 Å². The fourth-order valence-corrected chi connectivity index (χ4v) is 0.650. The van der Waals surface area contributed by atoms with Crippen molar-refractivity contribution in [2.24, 2.45) is 0 Å². The molecule has 1 nitrogen and oxygen atoms in total. The molecule has 0 unspecified atom stereocenters. The van der Waals surface area contributed by atoms with Crippen molar-refractivity contribution in [1.29, 1.82) is 0 Å². The van der Waals surface area contributed by atoms with Crippen molar-refractivity contribution in [1.82, 2.24) is 0 Å². The SMILES string of the molecule is C=C(CCC)C(=S)OC. The molecule has 0 amide bonds. The van der Waals surface area contributed by atoms with Gasteiger partial charge in [-0.1, -0.05) is 19.9 Å². The van der Waals surface area contributed by atoms with Gasteiger partial charge in [0, 0.05) is 0 Å². The fourth-order valence-electron chi connectivity index (χ4n) is 0.548. The highest BCUT2D eigenvalue weighted by molar-refractivity contribution is 7.80. The monoisotopic (exact) mass is 144 g/mol. The van der Waals surface area contributed by atoms with Gasteiger partial charge in [0.1, 0.15) is 0 Å². The quantitative estimate of drug-likeness (QED) is 0.444. The first kappa shape index (κ1) is 8.63. The number of ether oxygens (including phenoxy) is 1. The van der Waals surface area contributed by atoms with E-state index in [1.54, 1.807) is 7.11 Å². The molecule has 0 fully saturated rings. The smallest absolute Gasteiger partial charge is 0.186 e. The van der Waals surface area contributed by atoms with Gasteiger partial charge in [0.2, 0.25) is 0 Å². The second kappa shape index (κ2) is 4.50. The van der Waals surface area contributed by atoms with Crippen LogP contribution in [0, 0.1) is 0 Å². The summed E-state index contributed by atoms with van der Waals surface area (Å²) in [5, 5.41) is 0.539. The van der Waals surface area contributed by atoms with Gasteiger partial charge in [-0.25, -0.2) is 0 Å². The summed E-state index contributed by atoms with van der Waals surface area (Å²) in [6.07, 6.45) is 2.01. The molecule has 2 heteroatoms. The lowest BCUT2D eigenvalue weighted by Gasteiger charge is -2.02. The molecule has 0 saturated heterocycles. The van der Waals surface area contributed by atoms with Gasteiger partial charge >= 0.3 is 0 Å². The Morgan fingerprint density at radius 3 is 2.56 bits per heavy atom. The third kappa shape index (κ3) is 3.25. The Bertz CT molecular complexity index is 118. The normalized spacial score (nSPS) is 8.67. The van der Waals surface area contributed by atoms with Gasteiger partial charge in [-0.05, 0) is 24.2 Å². The van der Waals surface area contributed by atoms with Crippen LogP contribution in [-0.2, 0) is 4.74 Å². The van der Waals surface area contributed by atoms with Crippen LogP contribution < -0.4 is 0 Å². The Hall–Kier alpha value is -0.370. The molecule has 0 aromatic heterocycles. The Balaban J connectivity index is 3.60. The van der Waals surface area contributed by atoms with Crippen molar-refractivity contribution >= 4 is 17.3 Å². The van der Waals surface area contributed by atoms with Crippen molar-refractivity contribution in [3.05, 3.63) is 12.2 Å². The minimum atomic E-state index is 0.539. The molecule has 52 valence electrons. The molecule has 0 bridgehead atoms. The van der Waals surface area contributed by atoms with E-state index in [9.17, 15) is 0 Å². The van der Waals surface area contributed by atoms with Crippen LogP contribution in [0.25, 0.3) is 0 Å². The second-order valence-electron chi connectivity index (χ2n) is 1.85. The zero-order valence-corrected chi connectivity index (χ0v) is 6.75. The first-order valence-electron chi connectivity index (χ1n) is 2.98. The lowest BCUT2D eigenvalue weighted by atomic mass is 10.2. The molecule has 0 spiro atoms. The van der Waals surface area contributed by atoms with Crippen molar-refractivity contribution in [2.45, 2.75) is 19.8 Å². The fraction of sp³-hybridized carbons (Fsp3) is 0.571. The molecule has 0 aliphatic heterocycles. The van der Waals surface area contributed by atoms with Gasteiger partial charge in [0.05, 0.1) is 7.11 Å². The second-order valence-corrected chi connectivity index (χ2v) is 2.22. The first-order chi connectivity index (χ1) is 4.22. The molecule has 0 heterocycles. The summed E-state index contributed by atoms with van der Waals surface area (Å²) >= 11 is 4.82. The van der Waals surface area contributed by atoms with E-state index in [-0.39, 0.29) is 0 Å². The van der Waals surface area contributed by atoms with Crippen LogP contribution in [-0.4, -0.2) is 12.2 Å². The van der Waals surface area contributed by atoms with Crippen LogP contribution in [0.5, 0.6) is 0 Å². The van der Waals surface area contributed by atoms with Crippen molar-refractivity contribution in [3.63, 3.8) is 0 Å². The summed E-state index contributed by atoms with van der Waals surface area (Å²) in [5.74, 6) is 0. The molecule has 0 aromatic rings. The number of hydrogen-bond donors (Lipinski definition) is 0. The summed E-state index contributed by atoms with van der Waals surface area (Å²) in [7, 11) is 1.57. The minimum Gasteiger partial charge on any atom is -0.486 e. The highest BCUT2D eigenvalue weighted by atomic mass is 32.1. The van der Waals surface area contributed by atoms with Crippen LogP contribution in [0.2, 0.25) is 0 Å². The molecule has 0 N–H and O–H groups in total. The summed E-state index contributed by atoms with van der Waals surface area (Å²) in [6.45, 7) is 5.84. The van der Waals surface area contributed by atoms with Crippen LogP contribution in [0.15, 0.2) is 12.2 Å². The Morgan fingerprint density at radius 2 is 2.22 bits per heavy atom. The van der Waals surface area contributed by atoms with E-state index in [0.717, 1.165) is 18.4 Å². The largest absolute Gasteiger partial charge is 0.486 e. The van der Waals surface area contributed by atoms with Crippen molar-refractivity contribution in [2.75, 3.05) is 7.11 Å². The van der Waals surface area contributed by atoms with E-state index in [2.05, 4.69) is 13.5 Å². The topological polar surface area (TPSA) is 9.23 Å². The van der Waals surface area contributed by atoms with Crippen LogP contribution in [0.1, 0.15) is 19.8 Å². The van der Waals surface area contributed by atoms with Crippen molar-refractivity contribution < 1.29 is 4.74 Å². The minimum absolute atomic E-state index is 0.539. The number of thiocarbonyl (C=S) groups is 1. The average molecular weight is 144 g/mol. The number of rotatable bonds is 3. The molecular weight excluding hydrogens is 132 g/mol. The van der Waals surface area contributed by atoms with Gasteiger partial charge in [-0.15, -0.1) is 0 Å². The first-order valence-corrected chi connectivity index (χ1v) is 3.39. The zero-order valence-electron chi connectivity index (χ0n) is 5.94. The molecular formula is C7H12OS. The predicted molar refractivity (Wildman–Crippen MR) is 43.7 cm³/mol. The average Bonchev–Trinajstić information content (AvgIpc) is 1.87. The Labute approximate surface area is 61.7 Å². The van der Waals surface area contributed by atoms with E-state index in [1.807, 2.05) is 0 Å². The molecule has 0 radical (unpaired) electrons. The van der Waals surface area contributed by atoms with E-state index in [0.29, 0.717) is 5.05 Å². The molecule has 0 aliphatic carbocycles. The van der Waals surface area contributed by atoms with Gasteiger partial charge in [-0.3, -0.25) is 0 Å². The molecule has 0 aromatic carbocycles. The standard InChI is InChI=1S/C7H12OS/c1-4-5-6(2)7(9)8-3/h2,4-5H2,1,3H3. The zero-order chi connectivity index (χ0) is 7.28. The molecule has 0 saturated carbocycles. The molecule has 0 aliphatic rings. The maximum Gasteiger partial charge on any atom is 0.186 e. The van der Waals surface area contributed by atoms with Gasteiger partial charge < -0.3 is 4.74 Å². The van der Waals surface area contributed by atoms with Crippen LogP contribution in [0.3, 0.4) is 0 Å². The Morgan fingerprint density at radius 1 is 1.67 bits per heavy atom. The van der Waals surface area contributed by atoms with Gasteiger partial charge in [-0.2, -0.15) is 0 Å². The van der Waals surface area contributed by atoms with Crippen molar-refractivity contribution in [3.8, 4) is 0 Å². The lowest BCUT2D eigenvalue weighted by Crippen LogP contribution is -1.99. The maximum absolute atomic E-state index is 4.82. The van der Waals surface area contributed by atoms with E-state index < -0.39 is 0 Å². The number of methoxy groups -OCH3 is 1. The third-order valence-corrected chi connectivity index (χ3v) is 1.48. The third-order valence-electron chi connectivity index (χ3n) is 1.03. The maximum atomic E-state index is 4.82.